The molecule has 0 aliphatic carbocycles. The summed E-state index contributed by atoms with van der Waals surface area (Å²) in [5, 5.41) is 0. The summed E-state index contributed by atoms with van der Waals surface area (Å²) in [6.07, 6.45) is 0.320. The zero-order valence-electron chi connectivity index (χ0n) is 11.6. The van der Waals surface area contributed by atoms with Crippen molar-refractivity contribution in [3.05, 3.63) is 69.8 Å². The van der Waals surface area contributed by atoms with Crippen LogP contribution in [0.3, 0.4) is 0 Å². The highest BCUT2D eigenvalue weighted by Gasteiger charge is 2.33. The summed E-state index contributed by atoms with van der Waals surface area (Å²) in [5.41, 5.74) is 2.26. The third-order valence-electron chi connectivity index (χ3n) is 3.86. The summed E-state index contributed by atoms with van der Waals surface area (Å²) in [6.45, 7) is 0. The van der Waals surface area contributed by atoms with Crippen LogP contribution < -0.4 is 0 Å². The Hall–Kier alpha value is -3.28. The Kier molecular flexibility index (Phi) is 2.68. The molecule has 0 radical (unpaired) electrons. The molecule has 0 fully saturated rings. The van der Waals surface area contributed by atoms with Gasteiger partial charge in [-0.1, -0.05) is 18.2 Å². The third kappa shape index (κ3) is 1.96. The van der Waals surface area contributed by atoms with Crippen LogP contribution in [0.4, 0.5) is 0 Å². The van der Waals surface area contributed by atoms with E-state index in [0.717, 1.165) is 5.56 Å². The van der Waals surface area contributed by atoms with Gasteiger partial charge in [0.15, 0.2) is 0 Å². The van der Waals surface area contributed by atoms with Gasteiger partial charge in [0.2, 0.25) is 0 Å². The minimum absolute atomic E-state index is 0.207. The number of ether oxygens (including phenoxy) is 2. The Balaban J connectivity index is 1.75. The monoisotopic (exact) mass is 308 g/mol. The van der Waals surface area contributed by atoms with Gasteiger partial charge in [-0.3, -0.25) is 0 Å². The fraction of sp³-hybridized carbons (Fsp3) is 0.0588. The highest BCUT2D eigenvalue weighted by Crippen LogP contribution is 2.27. The molecule has 0 bridgehead atoms. The second-order valence-corrected chi connectivity index (χ2v) is 5.25. The van der Waals surface area contributed by atoms with Gasteiger partial charge >= 0.3 is 23.9 Å². The van der Waals surface area contributed by atoms with Crippen molar-refractivity contribution in [2.45, 2.75) is 6.42 Å². The molecule has 6 nitrogen and oxygen atoms in total. The molecule has 0 saturated carbocycles. The molecule has 0 spiro atoms. The Morgan fingerprint density at radius 2 is 1.39 bits per heavy atom. The summed E-state index contributed by atoms with van der Waals surface area (Å²) >= 11 is 0. The third-order valence-corrected chi connectivity index (χ3v) is 3.86. The van der Waals surface area contributed by atoms with E-state index in [1.54, 1.807) is 24.3 Å². The van der Waals surface area contributed by atoms with E-state index in [2.05, 4.69) is 9.47 Å². The van der Waals surface area contributed by atoms with Crippen LogP contribution in [-0.4, -0.2) is 23.9 Å². The van der Waals surface area contributed by atoms with Gasteiger partial charge in [0, 0.05) is 0 Å². The lowest BCUT2D eigenvalue weighted by molar-refractivity contribution is 0.0425. The lowest BCUT2D eigenvalue weighted by Crippen LogP contribution is -2.02. The lowest BCUT2D eigenvalue weighted by Gasteiger charge is -2.06. The van der Waals surface area contributed by atoms with E-state index in [9.17, 15) is 19.2 Å². The second kappa shape index (κ2) is 4.61. The first kappa shape index (κ1) is 13.4. The van der Waals surface area contributed by atoms with Crippen LogP contribution in [-0.2, 0) is 15.9 Å². The van der Waals surface area contributed by atoms with Crippen LogP contribution in [0.15, 0.2) is 36.4 Å². The summed E-state index contributed by atoms with van der Waals surface area (Å²) in [7, 11) is 0. The van der Waals surface area contributed by atoms with Crippen molar-refractivity contribution in [1.82, 2.24) is 0 Å². The number of rotatable bonds is 2. The minimum atomic E-state index is -0.681. The first-order valence-corrected chi connectivity index (χ1v) is 6.82. The first-order valence-electron chi connectivity index (χ1n) is 6.82. The van der Waals surface area contributed by atoms with Gasteiger partial charge in [-0.15, -0.1) is 0 Å². The first-order chi connectivity index (χ1) is 11.0. The molecule has 2 aromatic rings. The van der Waals surface area contributed by atoms with Crippen LogP contribution in [0.25, 0.3) is 0 Å². The van der Waals surface area contributed by atoms with Gasteiger partial charge < -0.3 is 9.47 Å². The summed E-state index contributed by atoms with van der Waals surface area (Å²) in [6, 6.07) is 9.67. The molecule has 0 atom stereocenters. The molecule has 0 amide bonds. The normalized spacial score (nSPS) is 15.3. The van der Waals surface area contributed by atoms with Crippen molar-refractivity contribution >= 4 is 23.9 Å². The Labute approximate surface area is 129 Å². The van der Waals surface area contributed by atoms with Crippen molar-refractivity contribution in [3.63, 3.8) is 0 Å². The average molecular weight is 308 g/mol. The van der Waals surface area contributed by atoms with Crippen molar-refractivity contribution in [3.8, 4) is 0 Å². The maximum absolute atomic E-state index is 11.8. The maximum Gasteiger partial charge on any atom is 0.347 e. The predicted octanol–water partition coefficient (Wildman–Crippen LogP) is 1.90. The fourth-order valence-electron chi connectivity index (χ4n) is 2.81. The quantitative estimate of drug-likeness (QED) is 0.622. The van der Waals surface area contributed by atoms with Crippen molar-refractivity contribution in [1.29, 1.82) is 0 Å². The molecule has 0 N–H and O–H groups in total. The SMILES string of the molecule is O=C1OC(=O)c2cc(Cc3cccc4c3C(=O)OC4=O)ccc21. The number of cyclic esters (lactones) is 4. The van der Waals surface area contributed by atoms with Crippen molar-refractivity contribution in [2.24, 2.45) is 0 Å². The van der Waals surface area contributed by atoms with Crippen LogP contribution in [0.5, 0.6) is 0 Å². The fourth-order valence-corrected chi connectivity index (χ4v) is 2.81. The van der Waals surface area contributed by atoms with Gasteiger partial charge in [-0.2, -0.15) is 0 Å². The molecule has 112 valence electrons. The number of benzene rings is 2. The molecule has 2 aliphatic rings. The minimum Gasteiger partial charge on any atom is -0.386 e. The summed E-state index contributed by atoms with van der Waals surface area (Å²) in [5.74, 6) is -2.67. The van der Waals surface area contributed by atoms with Gasteiger partial charge in [-0.25, -0.2) is 19.2 Å². The molecule has 2 aromatic carbocycles. The largest absolute Gasteiger partial charge is 0.386 e. The van der Waals surface area contributed by atoms with Gasteiger partial charge in [0.25, 0.3) is 0 Å². The number of hydrogen-bond donors (Lipinski definition) is 0. The Morgan fingerprint density at radius 3 is 2.22 bits per heavy atom. The van der Waals surface area contributed by atoms with Crippen LogP contribution in [0.2, 0.25) is 0 Å². The second-order valence-electron chi connectivity index (χ2n) is 5.25. The molecular formula is C17H8O6. The molecule has 0 saturated heterocycles. The Morgan fingerprint density at radius 1 is 0.696 bits per heavy atom. The van der Waals surface area contributed by atoms with E-state index in [4.69, 9.17) is 0 Å². The number of carbonyl (C=O) groups excluding carboxylic acids is 4. The number of fused-ring (bicyclic) bond motifs is 2. The van der Waals surface area contributed by atoms with Crippen LogP contribution in [0.1, 0.15) is 52.6 Å². The van der Waals surface area contributed by atoms with Crippen LogP contribution in [0, 0.1) is 0 Å². The summed E-state index contributed by atoms with van der Waals surface area (Å²) < 4.78 is 9.16. The topological polar surface area (TPSA) is 86.7 Å². The molecule has 0 unspecified atom stereocenters. The molecule has 23 heavy (non-hydrogen) atoms. The van der Waals surface area contributed by atoms with Crippen molar-refractivity contribution in [2.75, 3.05) is 0 Å². The van der Waals surface area contributed by atoms with Gasteiger partial charge in [-0.05, 0) is 35.7 Å². The zero-order chi connectivity index (χ0) is 16.1. The highest BCUT2D eigenvalue weighted by molar-refractivity contribution is 6.16. The molecule has 0 aromatic heterocycles. The van der Waals surface area contributed by atoms with E-state index >= 15 is 0 Å². The Bertz CT molecular complexity index is 925. The van der Waals surface area contributed by atoms with E-state index in [1.807, 2.05) is 0 Å². The van der Waals surface area contributed by atoms with E-state index in [1.165, 1.54) is 12.1 Å². The zero-order valence-corrected chi connectivity index (χ0v) is 11.6. The molecule has 2 heterocycles. The molecule has 4 rings (SSSR count). The lowest BCUT2D eigenvalue weighted by atomic mass is 9.95. The number of carbonyl (C=O) groups is 4. The molecular weight excluding hydrogens is 300 g/mol. The molecule has 6 heteroatoms. The van der Waals surface area contributed by atoms with E-state index in [0.29, 0.717) is 12.0 Å². The van der Waals surface area contributed by atoms with E-state index < -0.39 is 23.9 Å². The smallest absolute Gasteiger partial charge is 0.347 e. The average Bonchev–Trinajstić information content (AvgIpc) is 2.97. The highest BCUT2D eigenvalue weighted by atomic mass is 16.6. The number of hydrogen-bond acceptors (Lipinski definition) is 6. The van der Waals surface area contributed by atoms with Gasteiger partial charge in [0.05, 0.1) is 22.3 Å². The van der Waals surface area contributed by atoms with Crippen LogP contribution >= 0.6 is 0 Å². The van der Waals surface area contributed by atoms with Gasteiger partial charge in [0.1, 0.15) is 0 Å². The summed E-state index contributed by atoms with van der Waals surface area (Å²) in [4.78, 5) is 46.4. The predicted molar refractivity (Wildman–Crippen MR) is 75.2 cm³/mol. The molecule has 2 aliphatic heterocycles. The standard InChI is InChI=1S/C17H8O6/c18-14-10-5-4-8(7-12(10)16(20)22-14)6-9-2-1-3-11-13(9)17(21)23-15(11)19/h1-5,7H,6H2. The van der Waals surface area contributed by atoms with Crippen molar-refractivity contribution < 1.29 is 28.7 Å². The number of esters is 4. The maximum atomic E-state index is 11.8. The van der Waals surface area contributed by atoms with E-state index in [-0.39, 0.29) is 22.3 Å².